The van der Waals surface area contributed by atoms with Crippen molar-refractivity contribution in [2.75, 3.05) is 5.32 Å². The smallest absolute Gasteiger partial charge is 0.412 e. The van der Waals surface area contributed by atoms with Crippen molar-refractivity contribution in [1.29, 1.82) is 0 Å². The molecule has 0 unspecified atom stereocenters. The largest absolute Gasteiger partial charge is 0.444 e. The number of aromatic nitrogens is 1. The second-order valence-electron chi connectivity index (χ2n) is 5.69. The van der Waals surface area contributed by atoms with Gasteiger partial charge in [-0.25, -0.2) is 9.78 Å². The van der Waals surface area contributed by atoms with Gasteiger partial charge in [0.2, 0.25) is 5.95 Å². The predicted molar refractivity (Wildman–Crippen MR) is 84.5 cm³/mol. The van der Waals surface area contributed by atoms with Gasteiger partial charge >= 0.3 is 6.09 Å². The maximum absolute atomic E-state index is 13.3. The molecule has 0 saturated carbocycles. The van der Waals surface area contributed by atoms with E-state index in [-0.39, 0.29) is 0 Å². The van der Waals surface area contributed by atoms with Gasteiger partial charge in [-0.1, -0.05) is 23.7 Å². The van der Waals surface area contributed by atoms with Gasteiger partial charge < -0.3 is 4.74 Å². The number of hydrogen-bond donors (Lipinski definition) is 1. The predicted octanol–water partition coefficient (Wildman–Crippen LogP) is 4.89. The summed E-state index contributed by atoms with van der Waals surface area (Å²) in [5, 5.41) is 2.96. The molecule has 0 saturated heterocycles. The van der Waals surface area contributed by atoms with E-state index in [1.807, 2.05) is 0 Å². The molecule has 1 heterocycles. The van der Waals surface area contributed by atoms with Crippen molar-refractivity contribution >= 4 is 23.4 Å². The Morgan fingerprint density at radius 3 is 2.73 bits per heavy atom. The normalized spacial score (nSPS) is 11.1. The van der Waals surface area contributed by atoms with Crippen molar-refractivity contribution in [2.45, 2.75) is 26.4 Å². The van der Waals surface area contributed by atoms with Gasteiger partial charge in [-0.2, -0.15) is 4.39 Å². The van der Waals surface area contributed by atoms with Crippen LogP contribution < -0.4 is 5.32 Å². The standard InChI is InChI=1S/C16H16ClFN2O2/c1-16(2,3)22-15(21)20-11-6-4-5-10(7-11)12-8-14(18)19-9-13(12)17/h4-9H,1-3H3,(H,20,21). The number of halogens is 2. The summed E-state index contributed by atoms with van der Waals surface area (Å²) in [6.45, 7) is 5.34. The second kappa shape index (κ2) is 6.32. The Morgan fingerprint density at radius 1 is 1.32 bits per heavy atom. The molecule has 1 aromatic carbocycles. The molecule has 0 aliphatic carbocycles. The van der Waals surface area contributed by atoms with Crippen LogP contribution in [0.15, 0.2) is 36.5 Å². The summed E-state index contributed by atoms with van der Waals surface area (Å²) < 4.78 is 18.5. The lowest BCUT2D eigenvalue weighted by Gasteiger charge is -2.19. The van der Waals surface area contributed by atoms with Crippen LogP contribution in [-0.2, 0) is 4.74 Å². The average Bonchev–Trinajstić information content (AvgIpc) is 2.39. The fourth-order valence-corrected chi connectivity index (χ4v) is 2.03. The number of carbonyl (C=O) groups is 1. The number of pyridine rings is 1. The van der Waals surface area contributed by atoms with Crippen LogP contribution in [0.1, 0.15) is 20.8 Å². The molecule has 1 aromatic heterocycles. The minimum absolute atomic E-state index is 0.329. The van der Waals surface area contributed by atoms with Crippen LogP contribution in [0.2, 0.25) is 5.02 Å². The molecule has 0 atom stereocenters. The van der Waals surface area contributed by atoms with E-state index in [1.165, 1.54) is 12.3 Å². The van der Waals surface area contributed by atoms with Crippen molar-refractivity contribution in [3.63, 3.8) is 0 Å². The Hall–Kier alpha value is -2.14. The number of anilines is 1. The molecule has 6 heteroatoms. The number of nitrogens with one attached hydrogen (secondary N) is 1. The Morgan fingerprint density at radius 2 is 2.05 bits per heavy atom. The third-order valence-corrected chi connectivity index (χ3v) is 2.94. The lowest BCUT2D eigenvalue weighted by molar-refractivity contribution is 0.0636. The Bertz CT molecular complexity index is 699. The minimum atomic E-state index is -0.620. The van der Waals surface area contributed by atoms with Gasteiger partial charge in [-0.3, -0.25) is 5.32 Å². The average molecular weight is 323 g/mol. The molecule has 0 aliphatic heterocycles. The van der Waals surface area contributed by atoms with E-state index >= 15 is 0 Å². The third-order valence-electron chi connectivity index (χ3n) is 2.64. The van der Waals surface area contributed by atoms with Crippen LogP contribution in [0.25, 0.3) is 11.1 Å². The zero-order chi connectivity index (χ0) is 16.3. The molecule has 1 amide bonds. The summed E-state index contributed by atoms with van der Waals surface area (Å²) >= 11 is 6.03. The van der Waals surface area contributed by atoms with Gasteiger partial charge in [0.05, 0.1) is 5.02 Å². The Labute approximate surface area is 133 Å². The highest BCUT2D eigenvalue weighted by molar-refractivity contribution is 6.33. The van der Waals surface area contributed by atoms with Crippen molar-refractivity contribution < 1.29 is 13.9 Å². The molecule has 0 aliphatic rings. The van der Waals surface area contributed by atoms with E-state index < -0.39 is 17.6 Å². The van der Waals surface area contributed by atoms with Gasteiger partial charge in [-0.15, -0.1) is 0 Å². The van der Waals surface area contributed by atoms with Crippen LogP contribution in [0.3, 0.4) is 0 Å². The zero-order valence-electron chi connectivity index (χ0n) is 12.5. The first-order valence-electron chi connectivity index (χ1n) is 6.66. The SMILES string of the molecule is CC(C)(C)OC(=O)Nc1cccc(-c2cc(F)ncc2Cl)c1. The lowest BCUT2D eigenvalue weighted by Crippen LogP contribution is -2.27. The summed E-state index contributed by atoms with van der Waals surface area (Å²) in [5.41, 5.74) is 1.11. The fraction of sp³-hybridized carbons (Fsp3) is 0.250. The van der Waals surface area contributed by atoms with E-state index in [2.05, 4.69) is 10.3 Å². The maximum Gasteiger partial charge on any atom is 0.412 e. The molecule has 0 bridgehead atoms. The summed E-state index contributed by atoms with van der Waals surface area (Å²) in [6.07, 6.45) is 0.692. The van der Waals surface area contributed by atoms with Crippen LogP contribution >= 0.6 is 11.6 Å². The van der Waals surface area contributed by atoms with Gasteiger partial charge in [0.25, 0.3) is 0 Å². The van der Waals surface area contributed by atoms with E-state index in [1.54, 1.807) is 45.0 Å². The van der Waals surface area contributed by atoms with E-state index in [0.717, 1.165) is 0 Å². The van der Waals surface area contributed by atoms with E-state index in [9.17, 15) is 9.18 Å². The summed E-state index contributed by atoms with van der Waals surface area (Å²) in [6, 6.07) is 8.13. The van der Waals surface area contributed by atoms with Crippen molar-refractivity contribution in [3.8, 4) is 11.1 Å². The van der Waals surface area contributed by atoms with Crippen LogP contribution in [0.5, 0.6) is 0 Å². The number of rotatable bonds is 2. The topological polar surface area (TPSA) is 51.2 Å². The molecule has 2 rings (SSSR count). The van der Waals surface area contributed by atoms with Crippen LogP contribution in [0.4, 0.5) is 14.9 Å². The van der Waals surface area contributed by atoms with Crippen molar-refractivity contribution in [1.82, 2.24) is 4.98 Å². The second-order valence-corrected chi connectivity index (χ2v) is 6.10. The molecule has 4 nitrogen and oxygen atoms in total. The van der Waals surface area contributed by atoms with Gasteiger partial charge in [-0.05, 0) is 38.5 Å². The molecular weight excluding hydrogens is 307 g/mol. The summed E-state index contributed by atoms with van der Waals surface area (Å²) in [5.74, 6) is -0.620. The molecule has 0 radical (unpaired) electrons. The minimum Gasteiger partial charge on any atom is -0.444 e. The zero-order valence-corrected chi connectivity index (χ0v) is 13.2. The molecule has 22 heavy (non-hydrogen) atoms. The van der Waals surface area contributed by atoms with Gasteiger partial charge in [0.15, 0.2) is 0 Å². The summed E-state index contributed by atoms with van der Waals surface area (Å²) in [7, 11) is 0. The third kappa shape index (κ3) is 4.43. The van der Waals surface area contributed by atoms with Crippen molar-refractivity contribution in [3.05, 3.63) is 47.5 Å². The molecule has 0 spiro atoms. The molecule has 0 fully saturated rings. The lowest BCUT2D eigenvalue weighted by atomic mass is 10.1. The van der Waals surface area contributed by atoms with E-state index in [4.69, 9.17) is 16.3 Å². The first kappa shape index (κ1) is 16.2. The van der Waals surface area contributed by atoms with Gasteiger partial charge in [0.1, 0.15) is 5.60 Å². The fourth-order valence-electron chi connectivity index (χ4n) is 1.82. The van der Waals surface area contributed by atoms with Crippen LogP contribution in [-0.4, -0.2) is 16.7 Å². The Balaban J connectivity index is 2.24. The molecule has 1 N–H and O–H groups in total. The van der Waals surface area contributed by atoms with Crippen LogP contribution in [0, 0.1) is 5.95 Å². The molecular formula is C16H16ClFN2O2. The monoisotopic (exact) mass is 322 g/mol. The van der Waals surface area contributed by atoms with Gasteiger partial charge in [0, 0.05) is 23.5 Å². The number of nitrogens with zero attached hydrogens (tertiary/aromatic N) is 1. The number of hydrogen-bond acceptors (Lipinski definition) is 3. The quantitative estimate of drug-likeness (QED) is 0.801. The molecule has 2 aromatic rings. The van der Waals surface area contributed by atoms with E-state index in [0.29, 0.717) is 21.8 Å². The first-order valence-corrected chi connectivity index (χ1v) is 7.04. The molecule has 116 valence electrons. The maximum atomic E-state index is 13.3. The highest BCUT2D eigenvalue weighted by Gasteiger charge is 2.16. The van der Waals surface area contributed by atoms with Crippen molar-refractivity contribution in [2.24, 2.45) is 0 Å². The number of carbonyl (C=O) groups excluding carboxylic acids is 1. The number of amides is 1. The highest BCUT2D eigenvalue weighted by atomic mass is 35.5. The summed E-state index contributed by atoms with van der Waals surface area (Å²) in [4.78, 5) is 15.3. The Kier molecular flexibility index (Phi) is 4.66. The number of ether oxygens (including phenoxy) is 1. The number of benzene rings is 1. The first-order chi connectivity index (χ1) is 10.2. The highest BCUT2D eigenvalue weighted by Crippen LogP contribution is 2.29.